The van der Waals surface area contributed by atoms with Crippen molar-refractivity contribution in [3.8, 4) is 0 Å². The van der Waals surface area contributed by atoms with Gasteiger partial charge in [0.1, 0.15) is 6.04 Å². The number of carbonyl (C=O) groups excluding carboxylic acids is 1. The predicted octanol–water partition coefficient (Wildman–Crippen LogP) is 1.40. The minimum atomic E-state index is -3.95. The first-order valence-electron chi connectivity index (χ1n) is 7.91. The maximum absolute atomic E-state index is 13.2. The van der Waals surface area contributed by atoms with E-state index in [0.29, 0.717) is 0 Å². The standard InChI is InChI=1S/C16H25F2N3O3S/c1-11(2)8-14(15(22)20-10-16(17,18)9-19)21-25(23,24)13-6-4-12(3)5-7-13/h4-7,11,14,21H,8-10,19H2,1-3H3,(H,20,22). The number of benzene rings is 1. The first-order chi connectivity index (χ1) is 11.5. The number of aryl methyl sites for hydroxylation is 1. The fraction of sp³-hybridized carbons (Fsp3) is 0.562. The molecule has 1 amide bonds. The molecule has 0 aromatic heterocycles. The molecule has 0 spiro atoms. The van der Waals surface area contributed by atoms with Crippen molar-refractivity contribution in [1.82, 2.24) is 10.0 Å². The zero-order chi connectivity index (χ0) is 19.3. The molecule has 1 aromatic carbocycles. The average molecular weight is 377 g/mol. The third kappa shape index (κ3) is 7.05. The van der Waals surface area contributed by atoms with Gasteiger partial charge in [-0.1, -0.05) is 31.5 Å². The number of alkyl halides is 2. The van der Waals surface area contributed by atoms with Crippen molar-refractivity contribution in [1.29, 1.82) is 0 Å². The van der Waals surface area contributed by atoms with E-state index in [0.717, 1.165) is 5.56 Å². The Labute approximate surface area is 147 Å². The van der Waals surface area contributed by atoms with Gasteiger partial charge in [0.2, 0.25) is 15.9 Å². The fourth-order valence-corrected chi connectivity index (χ4v) is 3.27. The summed E-state index contributed by atoms with van der Waals surface area (Å²) >= 11 is 0. The third-order valence-electron chi connectivity index (χ3n) is 3.47. The van der Waals surface area contributed by atoms with Gasteiger partial charge in [-0.15, -0.1) is 0 Å². The second-order valence-corrected chi connectivity index (χ2v) is 8.11. The monoisotopic (exact) mass is 377 g/mol. The molecule has 142 valence electrons. The second-order valence-electron chi connectivity index (χ2n) is 6.39. The number of carbonyl (C=O) groups is 1. The van der Waals surface area contributed by atoms with Crippen molar-refractivity contribution in [2.45, 2.75) is 44.1 Å². The van der Waals surface area contributed by atoms with Gasteiger partial charge >= 0.3 is 0 Å². The molecule has 0 aliphatic carbocycles. The summed E-state index contributed by atoms with van der Waals surface area (Å²) in [5.41, 5.74) is 5.81. The van der Waals surface area contributed by atoms with Gasteiger partial charge in [0, 0.05) is 0 Å². The molecule has 9 heteroatoms. The Morgan fingerprint density at radius 3 is 2.28 bits per heavy atom. The maximum Gasteiger partial charge on any atom is 0.277 e. The van der Waals surface area contributed by atoms with E-state index in [2.05, 4.69) is 10.0 Å². The molecule has 6 nitrogen and oxygen atoms in total. The Bertz CT molecular complexity index is 676. The topological polar surface area (TPSA) is 101 Å². The number of nitrogens with one attached hydrogen (secondary N) is 2. The van der Waals surface area contributed by atoms with Gasteiger partial charge in [-0.2, -0.15) is 4.72 Å². The zero-order valence-corrected chi connectivity index (χ0v) is 15.4. The number of amides is 1. The van der Waals surface area contributed by atoms with E-state index in [1.54, 1.807) is 26.0 Å². The van der Waals surface area contributed by atoms with Crippen LogP contribution in [0.2, 0.25) is 0 Å². The van der Waals surface area contributed by atoms with Crippen molar-refractivity contribution >= 4 is 15.9 Å². The van der Waals surface area contributed by atoms with Gasteiger partial charge < -0.3 is 11.1 Å². The van der Waals surface area contributed by atoms with Crippen molar-refractivity contribution < 1.29 is 22.0 Å². The Morgan fingerprint density at radius 1 is 1.24 bits per heavy atom. The lowest BCUT2D eigenvalue weighted by molar-refractivity contribution is -0.124. The number of halogens is 2. The highest BCUT2D eigenvalue weighted by Gasteiger charge is 2.31. The highest BCUT2D eigenvalue weighted by atomic mass is 32.2. The van der Waals surface area contributed by atoms with Gasteiger partial charge in [0.15, 0.2) is 0 Å². The number of nitrogens with two attached hydrogens (primary N) is 1. The molecule has 0 fully saturated rings. The van der Waals surface area contributed by atoms with Crippen LogP contribution in [0.5, 0.6) is 0 Å². The van der Waals surface area contributed by atoms with E-state index in [1.807, 2.05) is 6.92 Å². The largest absolute Gasteiger partial charge is 0.349 e. The van der Waals surface area contributed by atoms with Crippen molar-refractivity contribution in [3.63, 3.8) is 0 Å². The van der Waals surface area contributed by atoms with Gasteiger partial charge in [0.05, 0.1) is 18.0 Å². The molecule has 0 saturated heterocycles. The Hall–Kier alpha value is -1.58. The van der Waals surface area contributed by atoms with Crippen LogP contribution in [-0.4, -0.2) is 39.4 Å². The maximum atomic E-state index is 13.2. The Morgan fingerprint density at radius 2 is 1.80 bits per heavy atom. The van der Waals surface area contributed by atoms with Crippen LogP contribution in [0.25, 0.3) is 0 Å². The van der Waals surface area contributed by atoms with Crippen LogP contribution in [0.15, 0.2) is 29.2 Å². The van der Waals surface area contributed by atoms with Crippen LogP contribution in [0.3, 0.4) is 0 Å². The third-order valence-corrected chi connectivity index (χ3v) is 4.96. The predicted molar refractivity (Wildman–Crippen MR) is 91.8 cm³/mol. The number of sulfonamides is 1. The molecule has 0 heterocycles. The molecule has 0 aliphatic rings. The highest BCUT2D eigenvalue weighted by molar-refractivity contribution is 7.89. The molecule has 0 radical (unpaired) electrons. The molecule has 25 heavy (non-hydrogen) atoms. The molecule has 0 saturated carbocycles. The molecule has 1 atom stereocenters. The summed E-state index contributed by atoms with van der Waals surface area (Å²) in [4.78, 5) is 12.2. The smallest absolute Gasteiger partial charge is 0.277 e. The summed E-state index contributed by atoms with van der Waals surface area (Å²) in [6.07, 6.45) is 0.172. The SMILES string of the molecule is Cc1ccc(S(=O)(=O)NC(CC(C)C)C(=O)NCC(F)(F)CN)cc1. The summed E-state index contributed by atoms with van der Waals surface area (Å²) in [6, 6.07) is 4.96. The van der Waals surface area contributed by atoms with Crippen LogP contribution in [0.1, 0.15) is 25.8 Å². The van der Waals surface area contributed by atoms with Crippen LogP contribution in [-0.2, 0) is 14.8 Å². The van der Waals surface area contributed by atoms with Crippen molar-refractivity contribution in [2.75, 3.05) is 13.1 Å². The Balaban J connectivity index is 2.91. The van der Waals surface area contributed by atoms with Gasteiger partial charge in [-0.05, 0) is 31.4 Å². The van der Waals surface area contributed by atoms with Crippen molar-refractivity contribution in [3.05, 3.63) is 29.8 Å². The summed E-state index contributed by atoms with van der Waals surface area (Å²) in [7, 11) is -3.95. The van der Waals surface area contributed by atoms with Gasteiger partial charge in [-0.3, -0.25) is 4.79 Å². The molecule has 1 unspecified atom stereocenters. The zero-order valence-electron chi connectivity index (χ0n) is 14.6. The minimum absolute atomic E-state index is 0.00643. The molecular formula is C16H25F2N3O3S. The van der Waals surface area contributed by atoms with Crippen LogP contribution in [0, 0.1) is 12.8 Å². The normalized spacial score (nSPS) is 13.7. The van der Waals surface area contributed by atoms with Crippen LogP contribution in [0.4, 0.5) is 8.78 Å². The Kier molecular flexibility index (Phi) is 7.45. The minimum Gasteiger partial charge on any atom is -0.349 e. The van der Waals surface area contributed by atoms with E-state index in [1.165, 1.54) is 12.1 Å². The lowest BCUT2D eigenvalue weighted by atomic mass is 10.0. The average Bonchev–Trinajstić information content (AvgIpc) is 2.52. The van der Waals surface area contributed by atoms with Crippen LogP contribution < -0.4 is 15.8 Å². The molecule has 0 aliphatic heterocycles. The molecule has 0 bridgehead atoms. The van der Waals surface area contributed by atoms with E-state index in [4.69, 9.17) is 5.73 Å². The molecule has 1 aromatic rings. The lowest BCUT2D eigenvalue weighted by Crippen LogP contribution is -2.50. The number of hydrogen-bond acceptors (Lipinski definition) is 4. The van der Waals surface area contributed by atoms with E-state index < -0.39 is 41.0 Å². The van der Waals surface area contributed by atoms with E-state index >= 15 is 0 Å². The molecular weight excluding hydrogens is 352 g/mol. The summed E-state index contributed by atoms with van der Waals surface area (Å²) in [6.45, 7) is 3.57. The highest BCUT2D eigenvalue weighted by Crippen LogP contribution is 2.14. The van der Waals surface area contributed by atoms with Crippen LogP contribution >= 0.6 is 0 Å². The van der Waals surface area contributed by atoms with E-state index in [-0.39, 0.29) is 17.2 Å². The summed E-state index contributed by atoms with van der Waals surface area (Å²) < 4.78 is 53.6. The summed E-state index contributed by atoms with van der Waals surface area (Å²) in [5, 5.41) is 2.07. The number of rotatable bonds is 9. The summed E-state index contributed by atoms with van der Waals surface area (Å²) in [5.74, 6) is -4.07. The van der Waals surface area contributed by atoms with E-state index in [9.17, 15) is 22.0 Å². The van der Waals surface area contributed by atoms with Gasteiger partial charge in [-0.25, -0.2) is 17.2 Å². The van der Waals surface area contributed by atoms with Crippen molar-refractivity contribution in [2.24, 2.45) is 11.7 Å². The number of hydrogen-bond donors (Lipinski definition) is 3. The fourth-order valence-electron chi connectivity index (χ4n) is 2.06. The molecule has 4 N–H and O–H groups in total. The second kappa shape index (κ2) is 8.68. The molecule has 1 rings (SSSR count). The quantitative estimate of drug-likeness (QED) is 0.605. The first kappa shape index (κ1) is 21.5. The lowest BCUT2D eigenvalue weighted by Gasteiger charge is -2.22. The van der Waals surface area contributed by atoms with Gasteiger partial charge in [0.25, 0.3) is 5.92 Å². The first-order valence-corrected chi connectivity index (χ1v) is 9.40.